The number of methoxy groups -OCH3 is 1. The van der Waals surface area contributed by atoms with Crippen molar-refractivity contribution >= 4 is 10.4 Å². The summed E-state index contributed by atoms with van der Waals surface area (Å²) in [5, 5.41) is 11.1. The van der Waals surface area contributed by atoms with Crippen LogP contribution in [-0.4, -0.2) is 44.0 Å². The smallest absolute Gasteiger partial charge is 0.726 e. The third-order valence-corrected chi connectivity index (χ3v) is 14.1. The van der Waals surface area contributed by atoms with Gasteiger partial charge in [-0.05, 0) is 97.2 Å². The van der Waals surface area contributed by atoms with E-state index in [1.165, 1.54) is 12.8 Å². The third kappa shape index (κ3) is 4.71. The Bertz CT molecular complexity index is 1110. The molecule has 39 heavy (non-hydrogen) atoms. The van der Waals surface area contributed by atoms with Crippen molar-refractivity contribution in [3.05, 3.63) is 11.6 Å². The van der Waals surface area contributed by atoms with E-state index in [2.05, 4.69) is 47.6 Å². The van der Waals surface area contributed by atoms with Crippen LogP contribution in [0, 0.1) is 50.2 Å². The minimum absolute atomic E-state index is 0. The second kappa shape index (κ2) is 10.0. The number of ether oxygens (including phenoxy) is 1. The van der Waals surface area contributed by atoms with Crippen LogP contribution in [0.5, 0.6) is 0 Å². The molecule has 0 spiro atoms. The first kappa shape index (κ1) is 32.4. The molecule has 0 bridgehead atoms. The molecule has 6 nitrogen and oxygen atoms in total. The van der Waals surface area contributed by atoms with Gasteiger partial charge in [0, 0.05) is 17.9 Å². The summed E-state index contributed by atoms with van der Waals surface area (Å²) in [4.78, 5) is 0. The van der Waals surface area contributed by atoms with E-state index in [1.54, 1.807) is 5.57 Å². The summed E-state index contributed by atoms with van der Waals surface area (Å²) in [6.07, 6.45) is 11.4. The predicted molar refractivity (Wildman–Crippen MR) is 147 cm³/mol. The van der Waals surface area contributed by atoms with Crippen LogP contribution in [0.2, 0.25) is 0 Å². The van der Waals surface area contributed by atoms with E-state index in [0.717, 1.165) is 38.5 Å². The zero-order valence-corrected chi connectivity index (χ0v) is 28.7. The summed E-state index contributed by atoms with van der Waals surface area (Å²) in [7, 11) is -2.92. The summed E-state index contributed by atoms with van der Waals surface area (Å²) in [6, 6.07) is 0. The maximum atomic E-state index is 11.4. The van der Waals surface area contributed by atoms with Crippen LogP contribution in [0.1, 0.15) is 106 Å². The number of hydrogen-bond donors (Lipinski definition) is 1. The van der Waals surface area contributed by atoms with Crippen LogP contribution >= 0.6 is 0 Å². The molecular weight excluding hydrogens is 523 g/mol. The number of aliphatic hydroxyl groups excluding tert-OH is 1. The normalized spacial score (nSPS) is 50.8. The van der Waals surface area contributed by atoms with Gasteiger partial charge in [0.2, 0.25) is 10.4 Å². The molecule has 10 atom stereocenters. The molecule has 0 unspecified atom stereocenters. The van der Waals surface area contributed by atoms with E-state index < -0.39 is 21.9 Å². The molecule has 5 aliphatic rings. The Morgan fingerprint density at radius 3 is 2.23 bits per heavy atom. The molecule has 8 heteroatoms. The third-order valence-electron chi connectivity index (χ3n) is 13.7. The van der Waals surface area contributed by atoms with E-state index in [4.69, 9.17) is 8.92 Å². The molecule has 1 N–H and O–H groups in total. The van der Waals surface area contributed by atoms with Crippen molar-refractivity contribution in [3.63, 3.8) is 0 Å². The van der Waals surface area contributed by atoms with Crippen molar-refractivity contribution in [2.45, 2.75) is 118 Å². The number of fused-ring (bicyclic) bond motifs is 7. The van der Waals surface area contributed by atoms with Gasteiger partial charge in [0.05, 0.1) is 18.8 Å². The van der Waals surface area contributed by atoms with E-state index in [1.807, 2.05) is 14.0 Å². The van der Waals surface area contributed by atoms with Gasteiger partial charge in [-0.1, -0.05) is 60.1 Å². The number of aliphatic hydroxyl groups is 1. The molecule has 0 radical (unpaired) electrons. The molecule has 218 valence electrons. The quantitative estimate of drug-likeness (QED) is 0.240. The first-order valence-electron chi connectivity index (χ1n) is 14.9. The summed E-state index contributed by atoms with van der Waals surface area (Å²) in [5.74, 6) is 1.04. The van der Waals surface area contributed by atoms with Crippen molar-refractivity contribution in [2.75, 3.05) is 13.7 Å². The zero-order valence-electron chi connectivity index (χ0n) is 25.9. The van der Waals surface area contributed by atoms with Crippen LogP contribution in [0.4, 0.5) is 0 Å². The van der Waals surface area contributed by atoms with E-state index in [-0.39, 0.29) is 75.3 Å². The molecule has 5 rings (SSSR count). The Morgan fingerprint density at radius 2 is 1.62 bits per heavy atom. The minimum Gasteiger partial charge on any atom is -0.726 e. The molecule has 0 aromatic rings. The molecule has 5 aliphatic carbocycles. The summed E-state index contributed by atoms with van der Waals surface area (Å²) < 4.78 is 45.2. The first-order valence-corrected chi connectivity index (χ1v) is 16.2. The molecule has 0 saturated heterocycles. The average molecular weight is 575 g/mol. The molecule has 0 aromatic heterocycles. The number of hydrogen-bond acceptors (Lipinski definition) is 6. The SMILES string of the molecule is CO[C@@H]1CC(C)(C)C[C@H]2C3=CC[C@@H]4[C@@]5(C)CC[C@H](O)[C@](C)(COS(=O)(=O)[O-])[C@@H]5CC[C@@]4(C)[C@]3(C)CC[C@@]12C.[Na+]. The van der Waals surface area contributed by atoms with Gasteiger partial charge in [0.1, 0.15) is 0 Å². The fourth-order valence-corrected chi connectivity index (χ4v) is 11.6. The van der Waals surface area contributed by atoms with E-state index >= 15 is 0 Å². The topological polar surface area (TPSA) is 95.9 Å². The second-order valence-corrected chi connectivity index (χ2v) is 16.9. The molecule has 0 heterocycles. The molecule has 4 saturated carbocycles. The fourth-order valence-electron chi connectivity index (χ4n) is 11.2. The monoisotopic (exact) mass is 574 g/mol. The van der Waals surface area contributed by atoms with Gasteiger partial charge in [0.25, 0.3) is 0 Å². The van der Waals surface area contributed by atoms with Crippen molar-refractivity contribution in [2.24, 2.45) is 50.2 Å². The largest absolute Gasteiger partial charge is 1.00 e. The van der Waals surface area contributed by atoms with Crippen LogP contribution in [0.25, 0.3) is 0 Å². The van der Waals surface area contributed by atoms with Crippen LogP contribution in [0.15, 0.2) is 11.6 Å². The summed E-state index contributed by atoms with van der Waals surface area (Å²) in [6.45, 7) is 16.5. The molecule has 0 aliphatic heterocycles. The molecule has 0 aromatic carbocycles. The van der Waals surface area contributed by atoms with Gasteiger partial charge in [-0.25, -0.2) is 8.42 Å². The molecule has 4 fully saturated rings. The Balaban J connectivity index is 0.00000353. The average Bonchev–Trinajstić information content (AvgIpc) is 2.81. The van der Waals surface area contributed by atoms with Gasteiger partial charge in [-0.2, -0.15) is 0 Å². The van der Waals surface area contributed by atoms with Gasteiger partial charge >= 0.3 is 29.6 Å². The standard InChI is InChI=1S/C31H52O6S.Na/c1-26(2)17-21-20-9-10-23-28(4)13-12-24(32)29(5,19-37-38(33,34)35)22(28)11-14-31(23,7)30(20,6)16-15-27(21,3)25(18-26)36-8;/h9,21-25,32H,10-19H2,1-8H3,(H,33,34,35);/q;+1/p-1/t21-,22+,23+,24-,25+,27+,28-,29+,30+,31+;/m0./s1. The maximum Gasteiger partial charge on any atom is 1.00 e. The maximum absolute atomic E-state index is 11.4. The minimum atomic E-state index is -4.82. The Hall–Kier alpha value is 0.530. The van der Waals surface area contributed by atoms with Gasteiger partial charge in [-0.15, -0.1) is 0 Å². The summed E-state index contributed by atoms with van der Waals surface area (Å²) >= 11 is 0. The number of allylic oxidation sites excluding steroid dienone is 2. The Kier molecular flexibility index (Phi) is 8.35. The fraction of sp³-hybridized carbons (Fsp3) is 0.935. The van der Waals surface area contributed by atoms with Crippen LogP contribution < -0.4 is 29.6 Å². The second-order valence-electron chi connectivity index (χ2n) is 15.9. The van der Waals surface area contributed by atoms with Crippen molar-refractivity contribution in [3.8, 4) is 0 Å². The zero-order chi connectivity index (χ0) is 28.2. The number of rotatable bonds is 4. The van der Waals surface area contributed by atoms with Gasteiger partial charge < -0.3 is 14.4 Å². The van der Waals surface area contributed by atoms with Crippen molar-refractivity contribution in [1.82, 2.24) is 0 Å². The predicted octanol–water partition coefficient (Wildman–Crippen LogP) is 3.25. The van der Waals surface area contributed by atoms with E-state index in [0.29, 0.717) is 18.3 Å². The first-order chi connectivity index (χ1) is 17.4. The Morgan fingerprint density at radius 1 is 0.949 bits per heavy atom. The van der Waals surface area contributed by atoms with Crippen molar-refractivity contribution < 1.29 is 56.6 Å². The van der Waals surface area contributed by atoms with E-state index in [9.17, 15) is 18.1 Å². The van der Waals surface area contributed by atoms with Gasteiger partial charge in [-0.3, -0.25) is 4.18 Å². The summed E-state index contributed by atoms with van der Waals surface area (Å²) in [5.41, 5.74) is 1.46. The Labute approximate surface area is 259 Å². The van der Waals surface area contributed by atoms with Crippen LogP contribution in [0.3, 0.4) is 0 Å². The molecule has 0 amide bonds. The van der Waals surface area contributed by atoms with Crippen LogP contribution in [-0.2, 0) is 19.3 Å². The molecular formula is C31H51NaO6S. The van der Waals surface area contributed by atoms with Gasteiger partial charge in [0.15, 0.2) is 0 Å². The van der Waals surface area contributed by atoms with Crippen molar-refractivity contribution in [1.29, 1.82) is 0 Å².